The molecule has 6 heteroatoms. The van der Waals surface area contributed by atoms with Crippen LogP contribution in [-0.2, 0) is 7.05 Å². The van der Waals surface area contributed by atoms with Crippen molar-refractivity contribution in [2.75, 3.05) is 13.7 Å². The molecule has 0 aromatic carbocycles. The number of aromatic nitrogens is 2. The van der Waals surface area contributed by atoms with E-state index in [9.17, 15) is 8.78 Å². The highest BCUT2D eigenvalue weighted by Crippen LogP contribution is 2.31. The van der Waals surface area contributed by atoms with Gasteiger partial charge in [-0.15, -0.1) is 0 Å². The van der Waals surface area contributed by atoms with Crippen molar-refractivity contribution < 1.29 is 13.5 Å². The molecule has 0 radical (unpaired) electrons. The minimum atomic E-state index is -2.49. The summed E-state index contributed by atoms with van der Waals surface area (Å²) in [5, 5.41) is 6.83. The normalized spacial score (nSPS) is 13.2. The van der Waals surface area contributed by atoms with E-state index in [2.05, 4.69) is 10.4 Å². The van der Waals surface area contributed by atoms with E-state index in [1.54, 1.807) is 20.9 Å². The molecule has 1 heterocycles. The van der Waals surface area contributed by atoms with Crippen molar-refractivity contribution in [1.29, 1.82) is 0 Å². The molecule has 0 saturated heterocycles. The summed E-state index contributed by atoms with van der Waals surface area (Å²) in [6, 6.07) is -1.03. The molecular formula is C10H17F2N3O. The van der Waals surface area contributed by atoms with Gasteiger partial charge in [-0.3, -0.25) is 0 Å². The first-order valence-corrected chi connectivity index (χ1v) is 5.11. The van der Waals surface area contributed by atoms with Gasteiger partial charge in [0.1, 0.15) is 6.04 Å². The highest BCUT2D eigenvalue weighted by molar-refractivity contribution is 5.34. The van der Waals surface area contributed by atoms with Gasteiger partial charge in [-0.2, -0.15) is 5.10 Å². The summed E-state index contributed by atoms with van der Waals surface area (Å²) in [6.07, 6.45) is -2.49. The molecule has 0 bridgehead atoms. The Morgan fingerprint density at radius 3 is 2.56 bits per heavy atom. The number of ether oxygens (including phenoxy) is 1. The Bertz CT molecular complexity index is 352. The number of rotatable bonds is 5. The van der Waals surface area contributed by atoms with Gasteiger partial charge in [-0.25, -0.2) is 13.5 Å². The maximum Gasteiger partial charge on any atom is 0.258 e. The molecule has 0 spiro atoms. The molecule has 16 heavy (non-hydrogen) atoms. The summed E-state index contributed by atoms with van der Waals surface area (Å²) < 4.78 is 32.4. The van der Waals surface area contributed by atoms with Gasteiger partial charge in [-0.05, 0) is 13.5 Å². The number of methoxy groups -OCH3 is 1. The lowest BCUT2D eigenvalue weighted by Crippen LogP contribution is -2.27. The van der Waals surface area contributed by atoms with Crippen LogP contribution in [0.25, 0.3) is 0 Å². The molecule has 0 amide bonds. The van der Waals surface area contributed by atoms with Gasteiger partial charge in [0, 0.05) is 7.05 Å². The van der Waals surface area contributed by atoms with E-state index in [4.69, 9.17) is 4.74 Å². The van der Waals surface area contributed by atoms with Crippen molar-refractivity contribution in [3.63, 3.8) is 0 Å². The molecule has 1 aromatic heterocycles. The highest BCUT2D eigenvalue weighted by Gasteiger charge is 2.29. The van der Waals surface area contributed by atoms with Crippen molar-refractivity contribution in [3.8, 4) is 5.88 Å². The summed E-state index contributed by atoms with van der Waals surface area (Å²) in [5.41, 5.74) is 0.993. The van der Waals surface area contributed by atoms with E-state index in [1.807, 2.05) is 0 Å². The minimum Gasteiger partial charge on any atom is -0.481 e. The lowest BCUT2D eigenvalue weighted by molar-refractivity contribution is 0.0975. The van der Waals surface area contributed by atoms with Crippen molar-refractivity contribution in [2.24, 2.45) is 7.05 Å². The Morgan fingerprint density at radius 2 is 2.12 bits per heavy atom. The Kier molecular flexibility index (Phi) is 4.23. The molecule has 1 unspecified atom stereocenters. The molecule has 1 aromatic rings. The zero-order chi connectivity index (χ0) is 12.3. The maximum absolute atomic E-state index is 12.9. The van der Waals surface area contributed by atoms with E-state index in [0.29, 0.717) is 23.7 Å². The number of hydrogen-bond donors (Lipinski definition) is 1. The molecule has 0 fully saturated rings. The topological polar surface area (TPSA) is 39.1 Å². The predicted octanol–water partition coefficient (Wildman–Crippen LogP) is 1.65. The second-order valence-electron chi connectivity index (χ2n) is 3.50. The molecule has 1 atom stereocenters. The van der Waals surface area contributed by atoms with E-state index in [0.717, 1.165) is 0 Å². The van der Waals surface area contributed by atoms with E-state index in [1.165, 1.54) is 11.8 Å². The fraction of sp³-hybridized carbons (Fsp3) is 0.700. The van der Waals surface area contributed by atoms with Gasteiger partial charge < -0.3 is 10.1 Å². The van der Waals surface area contributed by atoms with Crippen LogP contribution in [0.15, 0.2) is 0 Å². The third kappa shape index (κ3) is 2.32. The van der Waals surface area contributed by atoms with Crippen molar-refractivity contribution in [3.05, 3.63) is 11.3 Å². The van der Waals surface area contributed by atoms with Gasteiger partial charge in [0.25, 0.3) is 6.43 Å². The predicted molar refractivity (Wildman–Crippen MR) is 56.9 cm³/mol. The number of alkyl halides is 2. The van der Waals surface area contributed by atoms with Crippen LogP contribution in [0.4, 0.5) is 8.78 Å². The second kappa shape index (κ2) is 5.25. The largest absolute Gasteiger partial charge is 0.481 e. The van der Waals surface area contributed by atoms with Crippen LogP contribution in [0.2, 0.25) is 0 Å². The first-order chi connectivity index (χ1) is 7.52. The summed E-state index contributed by atoms with van der Waals surface area (Å²) in [4.78, 5) is 0. The molecule has 0 saturated carbocycles. The first kappa shape index (κ1) is 12.9. The van der Waals surface area contributed by atoms with Crippen molar-refractivity contribution >= 4 is 0 Å². The van der Waals surface area contributed by atoms with Crippen LogP contribution in [0, 0.1) is 6.92 Å². The van der Waals surface area contributed by atoms with Gasteiger partial charge in [0.15, 0.2) is 0 Å². The summed E-state index contributed by atoms with van der Waals surface area (Å²) in [6.45, 7) is 3.95. The quantitative estimate of drug-likeness (QED) is 0.840. The number of hydrogen-bond acceptors (Lipinski definition) is 3. The smallest absolute Gasteiger partial charge is 0.258 e. The highest BCUT2D eigenvalue weighted by atomic mass is 19.3. The maximum atomic E-state index is 12.9. The van der Waals surface area contributed by atoms with Gasteiger partial charge in [0.05, 0.1) is 18.4 Å². The Labute approximate surface area is 93.6 Å². The van der Waals surface area contributed by atoms with Crippen LogP contribution in [0.1, 0.15) is 24.2 Å². The summed E-state index contributed by atoms with van der Waals surface area (Å²) in [7, 11) is 3.12. The second-order valence-corrected chi connectivity index (χ2v) is 3.50. The third-order valence-electron chi connectivity index (χ3n) is 2.39. The Balaban J connectivity index is 3.16. The molecular weight excluding hydrogens is 216 g/mol. The van der Waals surface area contributed by atoms with Crippen LogP contribution in [0.3, 0.4) is 0 Å². The van der Waals surface area contributed by atoms with Crippen LogP contribution in [-0.4, -0.2) is 29.9 Å². The van der Waals surface area contributed by atoms with Gasteiger partial charge in [0.2, 0.25) is 5.88 Å². The minimum absolute atomic E-state index is 0.378. The average molecular weight is 233 g/mol. The lowest BCUT2D eigenvalue weighted by atomic mass is 10.1. The van der Waals surface area contributed by atoms with E-state index >= 15 is 0 Å². The fourth-order valence-electron chi connectivity index (χ4n) is 1.79. The Hall–Kier alpha value is -1.17. The fourth-order valence-corrected chi connectivity index (χ4v) is 1.79. The Morgan fingerprint density at radius 1 is 1.50 bits per heavy atom. The monoisotopic (exact) mass is 233 g/mol. The van der Waals surface area contributed by atoms with Crippen LogP contribution < -0.4 is 10.1 Å². The molecule has 0 aliphatic carbocycles. The van der Waals surface area contributed by atoms with E-state index < -0.39 is 12.5 Å². The zero-order valence-electron chi connectivity index (χ0n) is 9.92. The number of nitrogens with zero attached hydrogens (tertiary/aromatic N) is 2. The molecule has 1 N–H and O–H groups in total. The molecule has 1 rings (SSSR count). The van der Waals surface area contributed by atoms with Crippen LogP contribution >= 0.6 is 0 Å². The zero-order valence-corrected chi connectivity index (χ0v) is 9.92. The molecule has 4 nitrogen and oxygen atoms in total. The average Bonchev–Trinajstić information content (AvgIpc) is 2.49. The van der Waals surface area contributed by atoms with Gasteiger partial charge in [-0.1, -0.05) is 6.92 Å². The van der Waals surface area contributed by atoms with Crippen LogP contribution in [0.5, 0.6) is 5.88 Å². The summed E-state index contributed by atoms with van der Waals surface area (Å²) >= 11 is 0. The lowest BCUT2D eigenvalue weighted by Gasteiger charge is -2.17. The van der Waals surface area contributed by atoms with Crippen molar-refractivity contribution in [1.82, 2.24) is 15.1 Å². The molecule has 92 valence electrons. The number of aryl methyl sites for hydroxylation is 2. The summed E-state index contributed by atoms with van der Waals surface area (Å²) in [5.74, 6) is 0.378. The van der Waals surface area contributed by atoms with E-state index in [-0.39, 0.29) is 0 Å². The molecule has 0 aliphatic rings. The standard InChI is InChI=1S/C10H17F2N3O/c1-5-13-8(9(11)12)7-6(2)14-15(3)10(7)16-4/h8-9,13H,5H2,1-4H3. The molecule has 0 aliphatic heterocycles. The van der Waals surface area contributed by atoms with Crippen molar-refractivity contribution in [2.45, 2.75) is 26.3 Å². The number of nitrogens with one attached hydrogen (secondary N) is 1. The third-order valence-corrected chi connectivity index (χ3v) is 2.39. The van der Waals surface area contributed by atoms with Gasteiger partial charge >= 0.3 is 0 Å². The first-order valence-electron chi connectivity index (χ1n) is 5.11. The SMILES string of the molecule is CCNC(c1c(C)nn(C)c1OC)C(F)F. The number of halogens is 2.